The van der Waals surface area contributed by atoms with E-state index in [-0.39, 0.29) is 30.4 Å². The van der Waals surface area contributed by atoms with Crippen LogP contribution in [0.15, 0.2) is 24.3 Å². The van der Waals surface area contributed by atoms with E-state index in [9.17, 15) is 4.79 Å². The van der Waals surface area contributed by atoms with Crippen LogP contribution in [0.4, 0.5) is 0 Å². The Morgan fingerprint density at radius 2 is 2.23 bits per heavy atom. The van der Waals surface area contributed by atoms with Crippen LogP contribution in [-0.2, 0) is 4.79 Å². The Balaban J connectivity index is 0.00000242. The monoisotopic (exact) mass is 326 g/mol. The molecule has 1 saturated carbocycles. The van der Waals surface area contributed by atoms with Gasteiger partial charge in [0.15, 0.2) is 0 Å². The molecule has 0 bridgehead atoms. The largest absolute Gasteiger partial charge is 0.494 e. The molecular formula is C17H27ClN2O2. The number of carbonyl (C=O) groups is 1. The van der Waals surface area contributed by atoms with Gasteiger partial charge in [-0.15, -0.1) is 12.4 Å². The quantitative estimate of drug-likeness (QED) is 0.843. The van der Waals surface area contributed by atoms with Gasteiger partial charge < -0.3 is 15.8 Å². The Morgan fingerprint density at radius 1 is 1.45 bits per heavy atom. The summed E-state index contributed by atoms with van der Waals surface area (Å²) in [7, 11) is 0. The van der Waals surface area contributed by atoms with Crippen molar-refractivity contribution in [3.05, 3.63) is 29.8 Å². The summed E-state index contributed by atoms with van der Waals surface area (Å²) in [4.78, 5) is 12.1. The predicted octanol–water partition coefficient (Wildman–Crippen LogP) is 3.20. The molecule has 0 heterocycles. The molecule has 0 radical (unpaired) electrons. The maximum absolute atomic E-state index is 12.1. The van der Waals surface area contributed by atoms with Crippen LogP contribution >= 0.6 is 12.4 Å². The molecule has 1 amide bonds. The Hall–Kier alpha value is -1.26. The van der Waals surface area contributed by atoms with Gasteiger partial charge in [0.25, 0.3) is 0 Å². The fourth-order valence-electron chi connectivity index (χ4n) is 2.98. The van der Waals surface area contributed by atoms with Crippen LogP contribution in [0.5, 0.6) is 5.75 Å². The van der Waals surface area contributed by atoms with Gasteiger partial charge in [-0.1, -0.05) is 18.6 Å². The van der Waals surface area contributed by atoms with Crippen molar-refractivity contribution in [1.82, 2.24) is 5.32 Å². The standard InChI is InChI=1S/C17H26N2O2.ClH/c1-3-21-15-8-4-6-13(10-15)12(2)19-17(20)11-14-7-5-9-16(14)18;/h4,6,8,10,12,14,16H,3,5,7,9,11,18H2,1-2H3,(H,19,20);1H/t12?,14-,16+;/m0./s1. The molecule has 1 aliphatic carbocycles. The first kappa shape index (κ1) is 18.8. The minimum absolute atomic E-state index is 0. The van der Waals surface area contributed by atoms with Crippen molar-refractivity contribution in [2.45, 2.75) is 51.6 Å². The first-order valence-corrected chi connectivity index (χ1v) is 7.88. The highest BCUT2D eigenvalue weighted by atomic mass is 35.5. The van der Waals surface area contributed by atoms with E-state index in [1.807, 2.05) is 38.1 Å². The molecule has 0 aromatic heterocycles. The van der Waals surface area contributed by atoms with Crippen LogP contribution in [0.1, 0.15) is 51.1 Å². The molecule has 0 saturated heterocycles. The van der Waals surface area contributed by atoms with Crippen molar-refractivity contribution < 1.29 is 9.53 Å². The Kier molecular flexibility index (Phi) is 7.69. The fourth-order valence-corrected chi connectivity index (χ4v) is 2.98. The van der Waals surface area contributed by atoms with Crippen LogP contribution in [0.3, 0.4) is 0 Å². The van der Waals surface area contributed by atoms with Crippen LogP contribution in [0.25, 0.3) is 0 Å². The fraction of sp³-hybridized carbons (Fsp3) is 0.588. The summed E-state index contributed by atoms with van der Waals surface area (Å²) in [6.07, 6.45) is 3.80. The van der Waals surface area contributed by atoms with E-state index >= 15 is 0 Å². The Morgan fingerprint density at radius 3 is 2.86 bits per heavy atom. The van der Waals surface area contributed by atoms with Crippen molar-refractivity contribution in [2.75, 3.05) is 6.61 Å². The summed E-state index contributed by atoms with van der Waals surface area (Å²) >= 11 is 0. The minimum atomic E-state index is -0.0180. The summed E-state index contributed by atoms with van der Waals surface area (Å²) in [6, 6.07) is 8.04. The molecule has 1 aromatic rings. The lowest BCUT2D eigenvalue weighted by molar-refractivity contribution is -0.122. The van der Waals surface area contributed by atoms with E-state index in [0.717, 1.165) is 30.6 Å². The Bertz CT molecular complexity index is 481. The Labute approximate surface area is 139 Å². The van der Waals surface area contributed by atoms with Gasteiger partial charge in [0.05, 0.1) is 12.6 Å². The average molecular weight is 327 g/mol. The highest BCUT2D eigenvalue weighted by molar-refractivity contribution is 5.85. The molecule has 124 valence electrons. The van der Waals surface area contributed by atoms with E-state index in [1.54, 1.807) is 0 Å². The number of nitrogens with one attached hydrogen (secondary N) is 1. The molecular weight excluding hydrogens is 300 g/mol. The predicted molar refractivity (Wildman–Crippen MR) is 91.4 cm³/mol. The molecule has 1 fully saturated rings. The van der Waals surface area contributed by atoms with Crippen molar-refractivity contribution in [2.24, 2.45) is 11.7 Å². The maximum atomic E-state index is 12.1. The molecule has 2 rings (SSSR count). The van der Waals surface area contributed by atoms with Gasteiger partial charge in [-0.05, 0) is 50.3 Å². The number of rotatable bonds is 6. The highest BCUT2D eigenvalue weighted by Crippen LogP contribution is 2.27. The van der Waals surface area contributed by atoms with E-state index in [2.05, 4.69) is 5.32 Å². The number of amides is 1. The zero-order valence-corrected chi connectivity index (χ0v) is 14.2. The van der Waals surface area contributed by atoms with Crippen LogP contribution in [0, 0.1) is 5.92 Å². The lowest BCUT2D eigenvalue weighted by atomic mass is 9.99. The third kappa shape index (κ3) is 5.18. The van der Waals surface area contributed by atoms with Gasteiger partial charge in [-0.3, -0.25) is 4.79 Å². The van der Waals surface area contributed by atoms with Crippen LogP contribution in [-0.4, -0.2) is 18.6 Å². The second kappa shape index (κ2) is 9.01. The van der Waals surface area contributed by atoms with Gasteiger partial charge in [0, 0.05) is 12.5 Å². The van der Waals surface area contributed by atoms with E-state index < -0.39 is 0 Å². The number of hydrogen-bond acceptors (Lipinski definition) is 3. The zero-order valence-electron chi connectivity index (χ0n) is 13.4. The number of nitrogens with two attached hydrogens (primary N) is 1. The summed E-state index contributed by atoms with van der Waals surface area (Å²) < 4.78 is 5.49. The number of benzene rings is 1. The van der Waals surface area contributed by atoms with E-state index in [1.165, 1.54) is 0 Å². The van der Waals surface area contributed by atoms with Gasteiger partial charge in [-0.25, -0.2) is 0 Å². The average Bonchev–Trinajstić information content (AvgIpc) is 2.85. The summed E-state index contributed by atoms with van der Waals surface area (Å²) in [6.45, 7) is 4.60. The second-order valence-electron chi connectivity index (χ2n) is 5.85. The SMILES string of the molecule is CCOc1cccc(C(C)NC(=O)C[C@@H]2CCC[C@H]2N)c1.Cl. The molecule has 3 atom stereocenters. The van der Waals surface area contributed by atoms with Gasteiger partial charge in [0.2, 0.25) is 5.91 Å². The second-order valence-corrected chi connectivity index (χ2v) is 5.85. The first-order chi connectivity index (χ1) is 10.1. The van der Waals surface area contributed by atoms with Crippen LogP contribution in [0.2, 0.25) is 0 Å². The van der Waals surface area contributed by atoms with Gasteiger partial charge >= 0.3 is 0 Å². The van der Waals surface area contributed by atoms with Gasteiger partial charge in [0.1, 0.15) is 5.75 Å². The van der Waals surface area contributed by atoms with Crippen LogP contribution < -0.4 is 15.8 Å². The number of carbonyl (C=O) groups excluding carboxylic acids is 1. The topological polar surface area (TPSA) is 64.3 Å². The normalized spacial score (nSPS) is 21.8. The minimum Gasteiger partial charge on any atom is -0.494 e. The molecule has 1 unspecified atom stereocenters. The third-order valence-electron chi connectivity index (χ3n) is 4.21. The molecule has 0 spiro atoms. The molecule has 22 heavy (non-hydrogen) atoms. The van der Waals surface area contributed by atoms with Crippen molar-refractivity contribution in [3.8, 4) is 5.75 Å². The molecule has 0 aliphatic heterocycles. The summed E-state index contributed by atoms with van der Waals surface area (Å²) in [5, 5.41) is 3.06. The lowest BCUT2D eigenvalue weighted by Crippen LogP contribution is -2.32. The molecule has 3 N–H and O–H groups in total. The summed E-state index contributed by atoms with van der Waals surface area (Å²) in [5.41, 5.74) is 7.09. The molecule has 1 aliphatic rings. The number of halogens is 1. The third-order valence-corrected chi connectivity index (χ3v) is 4.21. The zero-order chi connectivity index (χ0) is 15.2. The van der Waals surface area contributed by atoms with Crippen molar-refractivity contribution in [3.63, 3.8) is 0 Å². The molecule has 1 aromatic carbocycles. The van der Waals surface area contributed by atoms with E-state index in [0.29, 0.717) is 18.9 Å². The highest BCUT2D eigenvalue weighted by Gasteiger charge is 2.26. The van der Waals surface area contributed by atoms with E-state index in [4.69, 9.17) is 10.5 Å². The van der Waals surface area contributed by atoms with Crippen molar-refractivity contribution >= 4 is 18.3 Å². The molecule has 4 nitrogen and oxygen atoms in total. The number of hydrogen-bond donors (Lipinski definition) is 2. The van der Waals surface area contributed by atoms with Gasteiger partial charge in [-0.2, -0.15) is 0 Å². The smallest absolute Gasteiger partial charge is 0.220 e. The van der Waals surface area contributed by atoms with Crippen molar-refractivity contribution in [1.29, 1.82) is 0 Å². The maximum Gasteiger partial charge on any atom is 0.220 e. The lowest BCUT2D eigenvalue weighted by Gasteiger charge is -2.19. The number of ether oxygens (including phenoxy) is 1. The molecule has 5 heteroatoms. The first-order valence-electron chi connectivity index (χ1n) is 7.88. The summed E-state index contributed by atoms with van der Waals surface area (Å²) in [5.74, 6) is 1.27.